The number of unbranched alkanes of at least 4 members (excludes halogenated alkanes) is 33. The number of carbonyl (C=O) groups excluding carboxylic acids is 4. The van der Waals surface area contributed by atoms with E-state index < -0.39 is 97.5 Å². The molecule has 3 N–H and O–H groups in total. The number of esters is 4. The van der Waals surface area contributed by atoms with Crippen molar-refractivity contribution in [2.45, 2.75) is 354 Å². The molecule has 5 unspecified atom stereocenters. The van der Waals surface area contributed by atoms with Crippen molar-refractivity contribution in [3.63, 3.8) is 0 Å². The summed E-state index contributed by atoms with van der Waals surface area (Å²) in [6, 6.07) is 0. The van der Waals surface area contributed by atoms with Crippen LogP contribution in [-0.4, -0.2) is 96.7 Å². The minimum Gasteiger partial charge on any atom is -0.462 e. The second kappa shape index (κ2) is 71.6. The highest BCUT2D eigenvalue weighted by Gasteiger charge is 2.30. The van der Waals surface area contributed by atoms with Gasteiger partial charge in [-0.25, -0.2) is 9.13 Å². The molecule has 17 nitrogen and oxygen atoms in total. The van der Waals surface area contributed by atoms with Crippen molar-refractivity contribution in [2.24, 2.45) is 0 Å². The van der Waals surface area contributed by atoms with Crippen molar-refractivity contribution < 1.29 is 80.2 Å². The average molecular weight is 1420 g/mol. The SMILES string of the molecule is CC/C=C\C/C=C\C/C=C\CCCCCCCCCC(=O)OCC(COP(=O)(O)OCC(O)COP(=O)(O)OCC(COC(=O)CCCCCCC/C=C\C/C=C\CCC)OC(=O)CCCCCCC/C=C\C/C=C\CCC)OC(=O)CCCCCCCCCCCCCCCCC. The molecule has 19 heteroatoms. The molecule has 0 aromatic rings. The van der Waals surface area contributed by atoms with Crippen LogP contribution in [0.2, 0.25) is 0 Å². The van der Waals surface area contributed by atoms with Gasteiger partial charge in [-0.3, -0.25) is 37.3 Å². The second-order valence-electron chi connectivity index (χ2n) is 25.9. The number of phosphoric acid groups is 2. The molecule has 5 atom stereocenters. The fraction of sp³-hybridized carbons (Fsp3) is 0.772. The van der Waals surface area contributed by atoms with Gasteiger partial charge in [0.05, 0.1) is 26.4 Å². The molecule has 0 fully saturated rings. The molecule has 0 aliphatic carbocycles. The maximum atomic E-state index is 13.1. The van der Waals surface area contributed by atoms with Crippen molar-refractivity contribution in [1.82, 2.24) is 0 Å². The first-order valence-electron chi connectivity index (χ1n) is 38.8. The number of hydrogen-bond donors (Lipinski definition) is 3. The van der Waals surface area contributed by atoms with Crippen LogP contribution >= 0.6 is 15.6 Å². The Morgan fingerprint density at radius 1 is 0.296 bits per heavy atom. The maximum Gasteiger partial charge on any atom is 0.472 e. The van der Waals surface area contributed by atoms with E-state index in [4.69, 9.17) is 37.0 Å². The van der Waals surface area contributed by atoms with Gasteiger partial charge >= 0.3 is 39.5 Å². The lowest BCUT2D eigenvalue weighted by Gasteiger charge is -2.21. The topological polar surface area (TPSA) is 237 Å². The summed E-state index contributed by atoms with van der Waals surface area (Å²) in [4.78, 5) is 72.9. The zero-order chi connectivity index (χ0) is 71.8. The Morgan fingerprint density at radius 3 is 0.857 bits per heavy atom. The number of phosphoric ester groups is 2. The Labute approximate surface area is 595 Å². The van der Waals surface area contributed by atoms with Gasteiger partial charge in [-0.15, -0.1) is 0 Å². The van der Waals surface area contributed by atoms with Gasteiger partial charge in [0.25, 0.3) is 0 Å². The van der Waals surface area contributed by atoms with Gasteiger partial charge in [0.15, 0.2) is 12.2 Å². The third kappa shape index (κ3) is 70.7. The molecular formula is C79H140O17P2. The van der Waals surface area contributed by atoms with E-state index in [0.29, 0.717) is 25.7 Å². The van der Waals surface area contributed by atoms with Gasteiger partial charge in [-0.1, -0.05) is 286 Å². The summed E-state index contributed by atoms with van der Waals surface area (Å²) in [5.74, 6) is -2.19. The van der Waals surface area contributed by atoms with Crippen molar-refractivity contribution in [1.29, 1.82) is 0 Å². The molecule has 0 saturated heterocycles. The van der Waals surface area contributed by atoms with E-state index in [1.807, 2.05) is 0 Å². The van der Waals surface area contributed by atoms with E-state index in [1.54, 1.807) is 0 Å². The van der Waals surface area contributed by atoms with E-state index >= 15 is 0 Å². The Hall–Kier alpha value is -3.76. The van der Waals surface area contributed by atoms with Crippen LogP contribution in [0.25, 0.3) is 0 Å². The zero-order valence-corrected chi connectivity index (χ0v) is 63.7. The standard InChI is InChI=1S/C79H140O17P2/c1-5-9-13-17-21-25-29-33-35-36-38-41-44-48-52-56-60-64-77(82)90-70-75(96-79(84)66-62-58-54-50-46-42-37-34-30-26-22-18-14-10-6-2)72-94-98(87,88)92-68-73(80)67-91-97(85,86)93-71-74(95-78(83)65-61-57-53-49-45-40-32-28-24-20-16-12-8-4)69-89-76(81)63-59-55-51-47-43-39-31-27-23-19-15-11-7-3/h9,13,15-16,19-21,25,27-28,31-33,35,73-75,80H,5-8,10-12,14,17-18,22-24,26,29-30,34,36-72H2,1-4H3,(H,85,86)(H,87,88)/b13-9-,19-15-,20-16-,25-21-,31-27-,32-28-,35-33-. The molecule has 568 valence electrons. The number of aliphatic hydroxyl groups excluding tert-OH is 1. The summed E-state index contributed by atoms with van der Waals surface area (Å²) < 4.78 is 68.5. The van der Waals surface area contributed by atoms with E-state index in [-0.39, 0.29) is 25.7 Å². The van der Waals surface area contributed by atoms with Crippen LogP contribution in [0.4, 0.5) is 0 Å². The summed E-state index contributed by atoms with van der Waals surface area (Å²) >= 11 is 0. The number of hydrogen-bond acceptors (Lipinski definition) is 15. The molecule has 0 aromatic heterocycles. The number of allylic oxidation sites excluding steroid dienone is 14. The summed E-state index contributed by atoms with van der Waals surface area (Å²) in [5.41, 5.74) is 0. The van der Waals surface area contributed by atoms with Crippen LogP contribution in [0.1, 0.15) is 336 Å². The molecule has 0 heterocycles. The maximum absolute atomic E-state index is 13.1. The van der Waals surface area contributed by atoms with Gasteiger partial charge in [-0.05, 0) is 109 Å². The molecule has 0 spiro atoms. The Balaban J connectivity index is 5.34. The summed E-state index contributed by atoms with van der Waals surface area (Å²) in [6.07, 6.45) is 72.8. The third-order valence-electron chi connectivity index (χ3n) is 16.3. The summed E-state index contributed by atoms with van der Waals surface area (Å²) in [7, 11) is -9.95. The first kappa shape index (κ1) is 94.2. The highest BCUT2D eigenvalue weighted by molar-refractivity contribution is 7.47. The van der Waals surface area contributed by atoms with Crippen LogP contribution in [0, 0.1) is 0 Å². The predicted molar refractivity (Wildman–Crippen MR) is 399 cm³/mol. The van der Waals surface area contributed by atoms with E-state index in [9.17, 15) is 43.2 Å². The van der Waals surface area contributed by atoms with Gasteiger partial charge in [0, 0.05) is 25.7 Å². The molecule has 98 heavy (non-hydrogen) atoms. The van der Waals surface area contributed by atoms with Gasteiger partial charge in [0.2, 0.25) is 0 Å². The normalized spacial score (nSPS) is 14.4. The summed E-state index contributed by atoms with van der Waals surface area (Å²) in [6.45, 7) is 4.64. The van der Waals surface area contributed by atoms with Crippen molar-refractivity contribution in [3.8, 4) is 0 Å². The minimum atomic E-state index is -4.98. The van der Waals surface area contributed by atoms with Gasteiger partial charge in [-0.2, -0.15) is 0 Å². The van der Waals surface area contributed by atoms with Gasteiger partial charge in [0.1, 0.15) is 19.3 Å². The third-order valence-corrected chi connectivity index (χ3v) is 18.2. The molecule has 0 amide bonds. The quantitative estimate of drug-likeness (QED) is 0.0169. The highest BCUT2D eigenvalue weighted by atomic mass is 31.2. The van der Waals surface area contributed by atoms with Crippen molar-refractivity contribution >= 4 is 39.5 Å². The largest absolute Gasteiger partial charge is 0.472 e. The van der Waals surface area contributed by atoms with Crippen LogP contribution < -0.4 is 0 Å². The number of ether oxygens (including phenoxy) is 4. The lowest BCUT2D eigenvalue weighted by Crippen LogP contribution is -2.30. The fourth-order valence-electron chi connectivity index (χ4n) is 10.4. The number of carbonyl (C=O) groups is 4. The Bertz CT molecular complexity index is 2190. The first-order valence-corrected chi connectivity index (χ1v) is 41.8. The average Bonchev–Trinajstić information content (AvgIpc) is 1.05. The van der Waals surface area contributed by atoms with Crippen LogP contribution in [-0.2, 0) is 65.4 Å². The monoisotopic (exact) mass is 1420 g/mol. The van der Waals surface area contributed by atoms with Crippen LogP contribution in [0.3, 0.4) is 0 Å². The van der Waals surface area contributed by atoms with Crippen molar-refractivity contribution in [3.05, 3.63) is 85.1 Å². The molecule has 0 aromatic carbocycles. The summed E-state index contributed by atoms with van der Waals surface area (Å²) in [5, 5.41) is 10.6. The molecular weight excluding hydrogens is 1280 g/mol. The van der Waals surface area contributed by atoms with Crippen LogP contribution in [0.15, 0.2) is 85.1 Å². The molecule has 0 bridgehead atoms. The first-order chi connectivity index (χ1) is 47.7. The number of rotatable bonds is 73. The van der Waals surface area contributed by atoms with Gasteiger partial charge < -0.3 is 33.8 Å². The fourth-order valence-corrected chi connectivity index (χ4v) is 12.0. The molecule has 0 aliphatic heterocycles. The number of aliphatic hydroxyl groups is 1. The Kier molecular flexibility index (Phi) is 68.9. The minimum absolute atomic E-state index is 0.0771. The lowest BCUT2D eigenvalue weighted by molar-refractivity contribution is -0.161. The molecule has 0 saturated carbocycles. The second-order valence-corrected chi connectivity index (χ2v) is 28.8. The van der Waals surface area contributed by atoms with Crippen molar-refractivity contribution in [2.75, 3.05) is 39.6 Å². The zero-order valence-electron chi connectivity index (χ0n) is 62.0. The smallest absolute Gasteiger partial charge is 0.462 e. The highest BCUT2D eigenvalue weighted by Crippen LogP contribution is 2.45. The van der Waals surface area contributed by atoms with E-state index in [0.717, 1.165) is 193 Å². The predicted octanol–water partition coefficient (Wildman–Crippen LogP) is 22.2. The van der Waals surface area contributed by atoms with E-state index in [2.05, 4.69) is 113 Å². The lowest BCUT2D eigenvalue weighted by atomic mass is 10.0. The Morgan fingerprint density at radius 2 is 0.551 bits per heavy atom. The van der Waals surface area contributed by atoms with Crippen LogP contribution in [0.5, 0.6) is 0 Å². The molecule has 0 aliphatic rings. The van der Waals surface area contributed by atoms with E-state index in [1.165, 1.54) is 64.2 Å². The molecule has 0 rings (SSSR count). The molecule has 0 radical (unpaired) electrons.